The van der Waals surface area contributed by atoms with Crippen molar-refractivity contribution in [2.45, 2.75) is 5.37 Å². The summed E-state index contributed by atoms with van der Waals surface area (Å²) in [6.45, 7) is 0.583. The van der Waals surface area contributed by atoms with E-state index in [1.807, 2.05) is 12.1 Å². The molecule has 1 heterocycles. The number of carbonyl (C=O) groups is 1. The number of urea groups is 1. The molecule has 0 aromatic heterocycles. The summed E-state index contributed by atoms with van der Waals surface area (Å²) in [5.41, 5.74) is 1.19. The third kappa shape index (κ3) is 3.42. The van der Waals surface area contributed by atoms with E-state index in [0.29, 0.717) is 23.5 Å². The van der Waals surface area contributed by atoms with E-state index in [1.165, 1.54) is 6.07 Å². The van der Waals surface area contributed by atoms with Gasteiger partial charge < -0.3 is 15.0 Å². The topological polar surface area (TPSA) is 41.6 Å². The maximum atomic E-state index is 14.0. The summed E-state index contributed by atoms with van der Waals surface area (Å²) in [5, 5.41) is 2.55. The predicted molar refractivity (Wildman–Crippen MR) is 90.3 cm³/mol. The van der Waals surface area contributed by atoms with Crippen molar-refractivity contribution in [2.75, 3.05) is 24.7 Å². The molecule has 0 saturated carbocycles. The molecule has 2 amide bonds. The zero-order chi connectivity index (χ0) is 16.2. The van der Waals surface area contributed by atoms with E-state index in [9.17, 15) is 9.18 Å². The van der Waals surface area contributed by atoms with Crippen LogP contribution in [0.4, 0.5) is 14.9 Å². The van der Waals surface area contributed by atoms with E-state index in [4.69, 9.17) is 4.74 Å². The molecule has 2 aromatic carbocycles. The maximum absolute atomic E-state index is 14.0. The molecule has 1 aliphatic rings. The number of methoxy groups -OCH3 is 1. The Balaban J connectivity index is 1.77. The molecule has 4 nitrogen and oxygen atoms in total. The summed E-state index contributed by atoms with van der Waals surface area (Å²) in [6.07, 6.45) is 0. The van der Waals surface area contributed by atoms with Gasteiger partial charge in [-0.2, -0.15) is 0 Å². The molecule has 1 atom stereocenters. The molecule has 6 heteroatoms. The molecule has 0 aliphatic carbocycles. The molecule has 1 fully saturated rings. The highest BCUT2D eigenvalue weighted by atomic mass is 32.2. The zero-order valence-electron chi connectivity index (χ0n) is 12.7. The second-order valence-corrected chi connectivity index (χ2v) is 6.29. The molecule has 0 spiro atoms. The number of nitrogens with one attached hydrogen (secondary N) is 1. The van der Waals surface area contributed by atoms with Crippen molar-refractivity contribution in [1.82, 2.24) is 4.90 Å². The highest BCUT2D eigenvalue weighted by Gasteiger charge is 2.32. The van der Waals surface area contributed by atoms with Gasteiger partial charge in [-0.25, -0.2) is 9.18 Å². The standard InChI is InChI=1S/C17H17FN2O2S/c1-22-13-6-4-5-12(11-13)19-17(21)20-9-10-23-16(20)14-7-2-3-8-15(14)18/h2-8,11,16H,9-10H2,1H3,(H,19,21)/t16-/m0/s1. The summed E-state index contributed by atoms with van der Waals surface area (Å²) >= 11 is 1.56. The lowest BCUT2D eigenvalue weighted by Crippen LogP contribution is -2.34. The van der Waals surface area contributed by atoms with Crippen LogP contribution >= 0.6 is 11.8 Å². The number of ether oxygens (including phenoxy) is 1. The van der Waals surface area contributed by atoms with Crippen molar-refractivity contribution >= 4 is 23.5 Å². The largest absolute Gasteiger partial charge is 0.497 e. The van der Waals surface area contributed by atoms with Crippen molar-refractivity contribution in [3.05, 3.63) is 59.9 Å². The fraction of sp³-hybridized carbons (Fsp3) is 0.235. The number of benzene rings is 2. The maximum Gasteiger partial charge on any atom is 0.323 e. The molecule has 2 aromatic rings. The molecule has 23 heavy (non-hydrogen) atoms. The van der Waals surface area contributed by atoms with Crippen LogP contribution in [-0.4, -0.2) is 30.3 Å². The van der Waals surface area contributed by atoms with Crippen molar-refractivity contribution in [1.29, 1.82) is 0 Å². The van der Waals surface area contributed by atoms with Crippen LogP contribution < -0.4 is 10.1 Å². The number of thioether (sulfide) groups is 1. The highest BCUT2D eigenvalue weighted by molar-refractivity contribution is 7.99. The van der Waals surface area contributed by atoms with E-state index < -0.39 is 0 Å². The molecule has 120 valence electrons. The number of amides is 2. The quantitative estimate of drug-likeness (QED) is 0.919. The molecule has 0 radical (unpaired) electrons. The lowest BCUT2D eigenvalue weighted by Gasteiger charge is -2.24. The fourth-order valence-electron chi connectivity index (χ4n) is 2.51. The third-order valence-corrected chi connectivity index (χ3v) is 4.89. The fourth-order valence-corrected chi connectivity index (χ4v) is 3.78. The van der Waals surface area contributed by atoms with Crippen molar-refractivity contribution in [2.24, 2.45) is 0 Å². The van der Waals surface area contributed by atoms with Crippen LogP contribution in [0.2, 0.25) is 0 Å². The average Bonchev–Trinajstić information content (AvgIpc) is 3.05. The van der Waals surface area contributed by atoms with E-state index in [2.05, 4.69) is 5.32 Å². The van der Waals surface area contributed by atoms with Gasteiger partial charge in [0, 0.05) is 29.6 Å². The number of hydrogen-bond acceptors (Lipinski definition) is 3. The lowest BCUT2D eigenvalue weighted by atomic mass is 10.2. The van der Waals surface area contributed by atoms with Gasteiger partial charge in [0.15, 0.2) is 0 Å². The Morgan fingerprint density at radius 2 is 2.13 bits per heavy atom. The first-order valence-corrected chi connectivity index (χ1v) is 8.31. The minimum absolute atomic E-state index is 0.239. The monoisotopic (exact) mass is 332 g/mol. The Morgan fingerprint density at radius 3 is 2.91 bits per heavy atom. The van der Waals surface area contributed by atoms with Crippen LogP contribution in [0.25, 0.3) is 0 Å². The van der Waals surface area contributed by atoms with Gasteiger partial charge in [-0.05, 0) is 18.2 Å². The molecule has 1 saturated heterocycles. The Kier molecular flexibility index (Phi) is 4.71. The SMILES string of the molecule is COc1cccc(NC(=O)N2CCS[C@H]2c2ccccc2F)c1. The van der Waals surface area contributed by atoms with Crippen LogP contribution in [0, 0.1) is 5.82 Å². The second-order valence-electron chi connectivity index (χ2n) is 5.10. The minimum atomic E-state index is -0.304. The molecular formula is C17H17FN2O2S. The first-order chi connectivity index (χ1) is 11.2. The minimum Gasteiger partial charge on any atom is -0.497 e. The summed E-state index contributed by atoms with van der Waals surface area (Å²) in [4.78, 5) is 14.2. The molecule has 3 rings (SSSR count). The van der Waals surface area contributed by atoms with E-state index in [1.54, 1.807) is 54.1 Å². The Hall–Kier alpha value is -2.21. The Bertz CT molecular complexity index is 710. The van der Waals surface area contributed by atoms with Crippen LogP contribution in [-0.2, 0) is 0 Å². The smallest absolute Gasteiger partial charge is 0.323 e. The number of rotatable bonds is 3. The van der Waals surface area contributed by atoms with Gasteiger partial charge in [0.2, 0.25) is 0 Å². The third-order valence-electron chi connectivity index (χ3n) is 3.64. The summed E-state index contributed by atoms with van der Waals surface area (Å²) in [7, 11) is 1.58. The van der Waals surface area contributed by atoms with Crippen molar-refractivity contribution < 1.29 is 13.9 Å². The number of halogens is 1. The van der Waals surface area contributed by atoms with E-state index >= 15 is 0 Å². The normalized spacial score (nSPS) is 17.1. The molecule has 0 bridgehead atoms. The number of anilines is 1. The number of nitrogens with zero attached hydrogens (tertiary/aromatic N) is 1. The van der Waals surface area contributed by atoms with Crippen molar-refractivity contribution in [3.63, 3.8) is 0 Å². The summed E-state index contributed by atoms with van der Waals surface area (Å²) in [6, 6.07) is 13.5. The van der Waals surface area contributed by atoms with Gasteiger partial charge in [-0.1, -0.05) is 24.3 Å². The van der Waals surface area contributed by atoms with E-state index in [0.717, 1.165) is 5.75 Å². The summed E-state index contributed by atoms with van der Waals surface area (Å²) < 4.78 is 19.2. The van der Waals surface area contributed by atoms with Crippen LogP contribution in [0.1, 0.15) is 10.9 Å². The van der Waals surface area contributed by atoms with Gasteiger partial charge in [0.25, 0.3) is 0 Å². The average molecular weight is 332 g/mol. The first-order valence-electron chi connectivity index (χ1n) is 7.27. The van der Waals surface area contributed by atoms with Crippen LogP contribution in [0.5, 0.6) is 5.75 Å². The van der Waals surface area contributed by atoms with Gasteiger partial charge in [-0.15, -0.1) is 11.8 Å². The summed E-state index contributed by atoms with van der Waals surface area (Å²) in [5.74, 6) is 1.17. The van der Waals surface area contributed by atoms with Gasteiger partial charge in [0.1, 0.15) is 16.9 Å². The zero-order valence-corrected chi connectivity index (χ0v) is 13.5. The Morgan fingerprint density at radius 1 is 1.30 bits per heavy atom. The predicted octanol–water partition coefficient (Wildman–Crippen LogP) is 4.11. The van der Waals surface area contributed by atoms with Gasteiger partial charge >= 0.3 is 6.03 Å². The first kappa shape index (κ1) is 15.7. The highest BCUT2D eigenvalue weighted by Crippen LogP contribution is 2.39. The van der Waals surface area contributed by atoms with Gasteiger partial charge in [0.05, 0.1) is 7.11 Å². The molecule has 0 unspecified atom stereocenters. The van der Waals surface area contributed by atoms with Crippen molar-refractivity contribution in [3.8, 4) is 5.75 Å². The number of hydrogen-bond donors (Lipinski definition) is 1. The lowest BCUT2D eigenvalue weighted by molar-refractivity contribution is 0.213. The molecule has 1 aliphatic heterocycles. The Labute approximate surface area is 138 Å². The molecular weight excluding hydrogens is 315 g/mol. The van der Waals surface area contributed by atoms with Gasteiger partial charge in [-0.3, -0.25) is 0 Å². The van der Waals surface area contributed by atoms with Crippen LogP contribution in [0.3, 0.4) is 0 Å². The molecule has 1 N–H and O–H groups in total. The number of carbonyl (C=O) groups excluding carboxylic acids is 1. The second kappa shape index (κ2) is 6.91. The van der Waals surface area contributed by atoms with E-state index in [-0.39, 0.29) is 17.2 Å². The van der Waals surface area contributed by atoms with Crippen LogP contribution in [0.15, 0.2) is 48.5 Å².